The van der Waals surface area contributed by atoms with Gasteiger partial charge in [-0.15, -0.1) is 0 Å². The second kappa shape index (κ2) is 11.3. The second-order valence-electron chi connectivity index (χ2n) is 7.62. The van der Waals surface area contributed by atoms with E-state index in [1.807, 2.05) is 24.3 Å². The van der Waals surface area contributed by atoms with E-state index in [-0.39, 0.29) is 24.0 Å². The molecule has 0 fully saturated rings. The highest BCUT2D eigenvalue weighted by molar-refractivity contribution is 5.74. The number of hydrogen-bond donors (Lipinski definition) is 0. The molecule has 0 heterocycles. The van der Waals surface area contributed by atoms with Gasteiger partial charge in [0.2, 0.25) is 0 Å². The van der Waals surface area contributed by atoms with Crippen LogP contribution in [0.5, 0.6) is 23.0 Å². The van der Waals surface area contributed by atoms with Gasteiger partial charge in [0.25, 0.3) is 0 Å². The van der Waals surface area contributed by atoms with Gasteiger partial charge >= 0.3 is 0 Å². The van der Waals surface area contributed by atoms with Gasteiger partial charge in [-0.2, -0.15) is 0 Å². The summed E-state index contributed by atoms with van der Waals surface area (Å²) < 4.78 is 22.6. The highest BCUT2D eigenvalue weighted by Gasteiger charge is 2.13. The van der Waals surface area contributed by atoms with E-state index in [4.69, 9.17) is 18.9 Å². The normalized spacial score (nSPS) is 11.1. The number of methoxy groups -OCH3 is 4. The van der Waals surface area contributed by atoms with Gasteiger partial charge in [-0.25, -0.2) is 0 Å². The maximum absolute atomic E-state index is 5.50. The monoisotopic (exact) mass is 513 g/mol. The number of benzene rings is 2. The van der Waals surface area contributed by atoms with Crippen LogP contribution in [-0.4, -0.2) is 60.6 Å². The largest absolute Gasteiger partial charge is 1.00 e. The number of rotatable bonds is 9. The van der Waals surface area contributed by atoms with E-state index in [1.165, 1.54) is 5.56 Å². The summed E-state index contributed by atoms with van der Waals surface area (Å²) in [6, 6.07) is 9.97. The van der Waals surface area contributed by atoms with Crippen LogP contribution in [0.15, 0.2) is 30.3 Å². The number of halogens is 1. The van der Waals surface area contributed by atoms with Crippen molar-refractivity contribution in [3.63, 3.8) is 0 Å². The van der Waals surface area contributed by atoms with Gasteiger partial charge in [-0.1, -0.05) is 18.2 Å². The van der Waals surface area contributed by atoms with Gasteiger partial charge in [0, 0.05) is 6.42 Å². The molecule has 0 spiro atoms. The molecule has 0 aliphatic rings. The van der Waals surface area contributed by atoms with E-state index in [1.54, 1.807) is 28.4 Å². The van der Waals surface area contributed by atoms with Crippen LogP contribution in [0.25, 0.3) is 12.2 Å². The first-order valence-corrected chi connectivity index (χ1v) is 9.26. The van der Waals surface area contributed by atoms with Gasteiger partial charge in [0.15, 0.2) is 23.0 Å². The van der Waals surface area contributed by atoms with E-state index < -0.39 is 0 Å². The third kappa shape index (κ3) is 7.12. The number of quaternary nitrogens is 1. The van der Waals surface area contributed by atoms with E-state index >= 15 is 0 Å². The number of nitrogens with zero attached hydrogens (tertiary/aromatic N) is 1. The molecule has 2 aromatic carbocycles. The highest BCUT2D eigenvalue weighted by Crippen LogP contribution is 2.33. The summed E-state index contributed by atoms with van der Waals surface area (Å²) in [4.78, 5) is 0. The lowest BCUT2D eigenvalue weighted by Crippen LogP contribution is -3.00. The molecule has 29 heavy (non-hydrogen) atoms. The fourth-order valence-electron chi connectivity index (χ4n) is 2.91. The first kappa shape index (κ1) is 25.1. The second-order valence-corrected chi connectivity index (χ2v) is 7.62. The fraction of sp³-hybridized carbons (Fsp3) is 0.391. The maximum atomic E-state index is 5.50. The molecular weight excluding hydrogens is 481 g/mol. The van der Waals surface area contributed by atoms with Gasteiger partial charge < -0.3 is 47.4 Å². The Labute approximate surface area is 191 Å². The Morgan fingerprint density at radius 3 is 1.83 bits per heavy atom. The predicted molar refractivity (Wildman–Crippen MR) is 115 cm³/mol. The van der Waals surface area contributed by atoms with Crippen LogP contribution < -0.4 is 42.9 Å². The molecule has 2 rings (SSSR count). The first-order valence-electron chi connectivity index (χ1n) is 9.26. The molecule has 6 heteroatoms. The SMILES string of the molecule is COc1ccc(/C=C\c2cc(OC)c(OC)cc2CC[N+](C)(C)C)cc1OC.[I-]. The first-order chi connectivity index (χ1) is 13.3. The quantitative estimate of drug-likeness (QED) is 0.287. The molecule has 2 aromatic rings. The lowest BCUT2D eigenvalue weighted by molar-refractivity contribution is -0.870. The Balaban J connectivity index is 0.00000420. The molecule has 0 aromatic heterocycles. The third-order valence-electron chi connectivity index (χ3n) is 4.56. The van der Waals surface area contributed by atoms with E-state index in [9.17, 15) is 0 Å². The molecule has 160 valence electrons. The highest BCUT2D eigenvalue weighted by atomic mass is 127. The van der Waals surface area contributed by atoms with Crippen LogP contribution in [0.1, 0.15) is 16.7 Å². The number of ether oxygens (including phenoxy) is 4. The van der Waals surface area contributed by atoms with Crippen LogP contribution in [0, 0.1) is 0 Å². The van der Waals surface area contributed by atoms with Crippen LogP contribution in [-0.2, 0) is 6.42 Å². The molecule has 0 amide bonds. The minimum absolute atomic E-state index is 0. The summed E-state index contributed by atoms with van der Waals surface area (Å²) in [6.45, 7) is 1.02. The average molecular weight is 513 g/mol. The summed E-state index contributed by atoms with van der Waals surface area (Å²) in [5, 5.41) is 0. The van der Waals surface area contributed by atoms with E-state index in [0.717, 1.165) is 45.8 Å². The molecule has 0 aliphatic heterocycles. The smallest absolute Gasteiger partial charge is 0.161 e. The zero-order valence-corrected chi connectivity index (χ0v) is 20.6. The molecule has 5 nitrogen and oxygen atoms in total. The van der Waals surface area contributed by atoms with Crippen molar-refractivity contribution >= 4 is 12.2 Å². The molecule has 0 bridgehead atoms. The molecule has 0 saturated heterocycles. The number of likely N-dealkylation sites (N-methyl/N-ethyl adjacent to an activating group) is 1. The molecule has 0 atom stereocenters. The average Bonchev–Trinajstić information content (AvgIpc) is 2.69. The molecule has 0 aliphatic carbocycles. The topological polar surface area (TPSA) is 36.9 Å². The maximum Gasteiger partial charge on any atom is 0.161 e. The predicted octanol–water partition coefficient (Wildman–Crippen LogP) is 1.14. The molecule has 0 saturated carbocycles. The summed E-state index contributed by atoms with van der Waals surface area (Å²) in [6.07, 6.45) is 5.11. The molecule has 0 N–H and O–H groups in total. The Bertz CT molecular complexity index is 828. The summed E-state index contributed by atoms with van der Waals surface area (Å²) in [5.41, 5.74) is 3.37. The van der Waals surface area contributed by atoms with E-state index in [2.05, 4.69) is 39.4 Å². The van der Waals surface area contributed by atoms with Crippen LogP contribution >= 0.6 is 0 Å². The van der Waals surface area contributed by atoms with Crippen molar-refractivity contribution in [2.45, 2.75) is 6.42 Å². The van der Waals surface area contributed by atoms with Gasteiger partial charge in [-0.3, -0.25) is 0 Å². The van der Waals surface area contributed by atoms with Crippen LogP contribution in [0.4, 0.5) is 0 Å². The Morgan fingerprint density at radius 1 is 0.724 bits per heavy atom. The molecule has 0 unspecified atom stereocenters. The lowest BCUT2D eigenvalue weighted by Gasteiger charge is -2.24. The van der Waals surface area contributed by atoms with Crippen LogP contribution in [0.3, 0.4) is 0 Å². The summed E-state index contributed by atoms with van der Waals surface area (Å²) in [7, 11) is 13.2. The van der Waals surface area contributed by atoms with Crippen molar-refractivity contribution in [2.75, 3.05) is 56.1 Å². The van der Waals surface area contributed by atoms with Crippen molar-refractivity contribution < 1.29 is 47.4 Å². The molecular formula is C23H32INO4. The van der Waals surface area contributed by atoms with Crippen molar-refractivity contribution in [3.8, 4) is 23.0 Å². The van der Waals surface area contributed by atoms with Gasteiger partial charge in [0.05, 0.1) is 56.1 Å². The van der Waals surface area contributed by atoms with Crippen molar-refractivity contribution in [1.29, 1.82) is 0 Å². The molecule has 0 radical (unpaired) electrons. The standard InChI is InChI=1S/C23H32NO4.HI/c1-24(2,3)13-12-19-16-23(28-7)22(27-6)15-18(19)10-8-17-9-11-20(25-4)21(14-17)26-5;/h8-11,14-16H,12-13H2,1-7H3;1H/q+1;/p-1/b10-8-;. The van der Waals surface area contributed by atoms with Crippen molar-refractivity contribution in [1.82, 2.24) is 0 Å². The lowest BCUT2D eigenvalue weighted by atomic mass is 10.0. The van der Waals surface area contributed by atoms with Crippen molar-refractivity contribution in [3.05, 3.63) is 47.0 Å². The van der Waals surface area contributed by atoms with E-state index in [0.29, 0.717) is 5.75 Å². The minimum Gasteiger partial charge on any atom is -1.00 e. The summed E-state index contributed by atoms with van der Waals surface area (Å²) in [5.74, 6) is 2.90. The number of hydrogen-bond acceptors (Lipinski definition) is 4. The van der Waals surface area contributed by atoms with Crippen LogP contribution in [0.2, 0.25) is 0 Å². The van der Waals surface area contributed by atoms with Gasteiger partial charge in [0.1, 0.15) is 0 Å². The van der Waals surface area contributed by atoms with Crippen molar-refractivity contribution in [2.24, 2.45) is 0 Å². The zero-order chi connectivity index (χ0) is 20.7. The fourth-order valence-corrected chi connectivity index (χ4v) is 2.91. The van der Waals surface area contributed by atoms with Gasteiger partial charge in [-0.05, 0) is 41.0 Å². The Morgan fingerprint density at radius 2 is 1.28 bits per heavy atom. The zero-order valence-electron chi connectivity index (χ0n) is 18.4. The Hall–Kier alpha value is -1.93. The third-order valence-corrected chi connectivity index (χ3v) is 4.56. The Kier molecular flexibility index (Phi) is 9.79. The summed E-state index contributed by atoms with van der Waals surface area (Å²) >= 11 is 0. The minimum atomic E-state index is 0.